The molecule has 2 aromatic carbocycles. The van der Waals surface area contributed by atoms with Crippen molar-refractivity contribution < 1.29 is 13.6 Å². The highest BCUT2D eigenvalue weighted by Gasteiger charge is 2.14. The molecule has 0 spiro atoms. The predicted octanol–water partition coefficient (Wildman–Crippen LogP) is 3.09. The zero-order valence-electron chi connectivity index (χ0n) is 10.2. The Bertz CT molecular complexity index is 798. The molecule has 100 valence electrons. The lowest BCUT2D eigenvalue weighted by molar-refractivity contribution is 0.102. The smallest absolute Gasteiger partial charge is 0.258 e. The van der Waals surface area contributed by atoms with Crippen molar-refractivity contribution in [3.8, 4) is 0 Å². The van der Waals surface area contributed by atoms with E-state index < -0.39 is 17.5 Å². The summed E-state index contributed by atoms with van der Waals surface area (Å²) in [7, 11) is 0. The number of carbonyl (C=O) groups is 1. The number of fused-ring (bicyclic) bond motifs is 1. The number of amides is 1. The molecule has 0 aliphatic carbocycles. The normalized spacial score (nSPS) is 10.7. The Hall–Kier alpha value is -2.76. The van der Waals surface area contributed by atoms with E-state index in [0.717, 1.165) is 17.6 Å². The summed E-state index contributed by atoms with van der Waals surface area (Å²) in [5, 5.41) is 2.56. The number of rotatable bonds is 2. The van der Waals surface area contributed by atoms with Gasteiger partial charge in [-0.15, -0.1) is 0 Å². The third-order valence-electron chi connectivity index (χ3n) is 2.87. The number of H-pyrrole nitrogens is 1. The number of nitrogens with one attached hydrogen (secondary N) is 2. The average molecular weight is 273 g/mol. The van der Waals surface area contributed by atoms with Gasteiger partial charge in [-0.25, -0.2) is 13.8 Å². The third-order valence-corrected chi connectivity index (χ3v) is 2.87. The molecule has 3 aromatic rings. The second-order valence-corrected chi connectivity index (χ2v) is 4.18. The first-order valence-corrected chi connectivity index (χ1v) is 5.83. The Kier molecular flexibility index (Phi) is 2.90. The largest absolute Gasteiger partial charge is 0.345 e. The Morgan fingerprint density at radius 2 is 2.05 bits per heavy atom. The monoisotopic (exact) mass is 273 g/mol. The Morgan fingerprint density at radius 3 is 2.85 bits per heavy atom. The second kappa shape index (κ2) is 4.73. The summed E-state index contributed by atoms with van der Waals surface area (Å²) >= 11 is 0. The van der Waals surface area contributed by atoms with Crippen LogP contribution in [-0.2, 0) is 0 Å². The minimum absolute atomic E-state index is 0.223. The van der Waals surface area contributed by atoms with Crippen molar-refractivity contribution in [3.05, 3.63) is 59.9 Å². The Labute approximate surface area is 112 Å². The first-order chi connectivity index (χ1) is 9.65. The van der Waals surface area contributed by atoms with E-state index in [9.17, 15) is 13.6 Å². The van der Waals surface area contributed by atoms with Crippen LogP contribution < -0.4 is 5.32 Å². The second-order valence-electron chi connectivity index (χ2n) is 4.18. The number of benzene rings is 2. The summed E-state index contributed by atoms with van der Waals surface area (Å²) in [5.74, 6) is -2.29. The van der Waals surface area contributed by atoms with Crippen molar-refractivity contribution in [2.45, 2.75) is 0 Å². The van der Waals surface area contributed by atoms with Crippen molar-refractivity contribution in [1.82, 2.24) is 9.97 Å². The number of nitrogens with zero attached hydrogens (tertiary/aromatic N) is 1. The molecule has 3 rings (SSSR count). The van der Waals surface area contributed by atoms with Crippen molar-refractivity contribution in [2.75, 3.05) is 5.32 Å². The van der Waals surface area contributed by atoms with Gasteiger partial charge in [0, 0.05) is 6.07 Å². The Balaban J connectivity index is 1.94. The van der Waals surface area contributed by atoms with E-state index >= 15 is 0 Å². The number of anilines is 1. The number of halogens is 2. The minimum atomic E-state index is -0.906. The number of hydrogen-bond acceptors (Lipinski definition) is 2. The number of carbonyl (C=O) groups excluding carboxylic acids is 1. The molecule has 0 saturated heterocycles. The first-order valence-electron chi connectivity index (χ1n) is 5.83. The summed E-state index contributed by atoms with van der Waals surface area (Å²) in [6.07, 6.45) is 1.50. The number of para-hydroxylation sites is 1. The van der Waals surface area contributed by atoms with E-state index in [0.29, 0.717) is 17.3 Å². The fourth-order valence-electron chi connectivity index (χ4n) is 1.93. The lowest BCUT2D eigenvalue weighted by Crippen LogP contribution is -2.14. The van der Waals surface area contributed by atoms with E-state index in [2.05, 4.69) is 15.3 Å². The van der Waals surface area contributed by atoms with Crippen LogP contribution in [0.25, 0.3) is 11.0 Å². The molecule has 0 atom stereocenters. The molecule has 0 saturated carbocycles. The van der Waals surface area contributed by atoms with Gasteiger partial charge in [-0.2, -0.15) is 0 Å². The SMILES string of the molecule is O=C(Nc1cccc2[nH]cnc12)c1ccc(F)cc1F. The standard InChI is InChI=1S/C14H9F2N3O/c15-8-4-5-9(10(16)6-8)14(20)19-12-3-1-2-11-13(12)18-7-17-11/h1-7H,(H,17,18)(H,19,20). The predicted molar refractivity (Wildman–Crippen MR) is 70.4 cm³/mol. The van der Waals surface area contributed by atoms with Gasteiger partial charge in [-0.3, -0.25) is 4.79 Å². The van der Waals surface area contributed by atoms with Crippen LogP contribution in [0.3, 0.4) is 0 Å². The van der Waals surface area contributed by atoms with Gasteiger partial charge in [0.1, 0.15) is 17.2 Å². The van der Waals surface area contributed by atoms with Gasteiger partial charge in [-0.05, 0) is 24.3 Å². The molecule has 0 fully saturated rings. The highest BCUT2D eigenvalue weighted by atomic mass is 19.1. The van der Waals surface area contributed by atoms with Gasteiger partial charge in [0.15, 0.2) is 0 Å². The molecule has 20 heavy (non-hydrogen) atoms. The zero-order chi connectivity index (χ0) is 14.1. The number of aromatic nitrogens is 2. The Morgan fingerprint density at radius 1 is 1.20 bits per heavy atom. The van der Waals surface area contributed by atoms with Gasteiger partial charge in [0.05, 0.1) is 23.1 Å². The van der Waals surface area contributed by atoms with E-state index in [1.54, 1.807) is 18.2 Å². The van der Waals surface area contributed by atoms with Crippen molar-refractivity contribution >= 4 is 22.6 Å². The third kappa shape index (κ3) is 2.11. The summed E-state index contributed by atoms with van der Waals surface area (Å²) in [4.78, 5) is 19.0. The molecule has 6 heteroatoms. The molecule has 0 aliphatic rings. The fraction of sp³-hybridized carbons (Fsp3) is 0. The summed E-state index contributed by atoms with van der Waals surface area (Å²) in [6, 6.07) is 8.00. The molecular formula is C14H9F2N3O. The topological polar surface area (TPSA) is 57.8 Å². The maximum absolute atomic E-state index is 13.5. The quantitative estimate of drug-likeness (QED) is 0.753. The van der Waals surface area contributed by atoms with Gasteiger partial charge in [0.2, 0.25) is 0 Å². The van der Waals surface area contributed by atoms with E-state index in [-0.39, 0.29) is 5.56 Å². The summed E-state index contributed by atoms with van der Waals surface area (Å²) in [5.41, 5.74) is 1.56. The van der Waals surface area contributed by atoms with E-state index in [4.69, 9.17) is 0 Å². The molecule has 0 bridgehead atoms. The van der Waals surface area contributed by atoms with Crippen LogP contribution >= 0.6 is 0 Å². The van der Waals surface area contributed by atoms with Crippen LogP contribution in [0, 0.1) is 11.6 Å². The van der Waals surface area contributed by atoms with Gasteiger partial charge < -0.3 is 10.3 Å². The highest BCUT2D eigenvalue weighted by molar-refractivity contribution is 6.08. The molecule has 1 heterocycles. The van der Waals surface area contributed by atoms with E-state index in [1.807, 2.05) is 0 Å². The molecule has 1 amide bonds. The van der Waals surface area contributed by atoms with Crippen LogP contribution in [0.2, 0.25) is 0 Å². The fourth-order valence-corrected chi connectivity index (χ4v) is 1.93. The zero-order valence-corrected chi connectivity index (χ0v) is 10.2. The maximum atomic E-state index is 13.5. The van der Waals surface area contributed by atoms with Gasteiger partial charge in [0.25, 0.3) is 5.91 Å². The molecule has 0 unspecified atom stereocenters. The molecule has 4 nitrogen and oxygen atoms in total. The molecule has 2 N–H and O–H groups in total. The first kappa shape index (κ1) is 12.3. The number of imidazole rings is 1. The van der Waals surface area contributed by atoms with Crippen LogP contribution in [0.5, 0.6) is 0 Å². The maximum Gasteiger partial charge on any atom is 0.258 e. The van der Waals surface area contributed by atoms with Crippen molar-refractivity contribution in [3.63, 3.8) is 0 Å². The van der Waals surface area contributed by atoms with Crippen molar-refractivity contribution in [2.24, 2.45) is 0 Å². The molecule has 1 aromatic heterocycles. The van der Waals surface area contributed by atoms with Crippen LogP contribution in [0.4, 0.5) is 14.5 Å². The summed E-state index contributed by atoms with van der Waals surface area (Å²) in [6.45, 7) is 0. The number of hydrogen-bond donors (Lipinski definition) is 2. The van der Waals surface area contributed by atoms with Crippen LogP contribution in [0.15, 0.2) is 42.7 Å². The molecular weight excluding hydrogens is 264 g/mol. The van der Waals surface area contributed by atoms with Crippen LogP contribution in [-0.4, -0.2) is 15.9 Å². The average Bonchev–Trinajstić information content (AvgIpc) is 2.87. The number of aromatic amines is 1. The lowest BCUT2D eigenvalue weighted by Gasteiger charge is -2.06. The minimum Gasteiger partial charge on any atom is -0.345 e. The van der Waals surface area contributed by atoms with Crippen molar-refractivity contribution in [1.29, 1.82) is 0 Å². The van der Waals surface area contributed by atoms with E-state index in [1.165, 1.54) is 6.33 Å². The van der Waals surface area contributed by atoms with Gasteiger partial charge in [-0.1, -0.05) is 6.07 Å². The summed E-state index contributed by atoms with van der Waals surface area (Å²) < 4.78 is 26.4. The van der Waals surface area contributed by atoms with Crippen LogP contribution in [0.1, 0.15) is 10.4 Å². The highest BCUT2D eigenvalue weighted by Crippen LogP contribution is 2.21. The molecule has 0 aliphatic heterocycles. The lowest BCUT2D eigenvalue weighted by atomic mass is 10.2. The van der Waals surface area contributed by atoms with Gasteiger partial charge >= 0.3 is 0 Å². The molecule has 0 radical (unpaired) electrons.